The number of aromatic nitrogens is 2. The van der Waals surface area contributed by atoms with Crippen LogP contribution in [-0.4, -0.2) is 30.3 Å². The van der Waals surface area contributed by atoms with E-state index in [4.69, 9.17) is 14.5 Å². The van der Waals surface area contributed by atoms with Crippen LogP contribution < -0.4 is 5.32 Å². The fourth-order valence-corrected chi connectivity index (χ4v) is 2.76. The highest BCUT2D eigenvalue weighted by atomic mass is 16.5. The molecule has 3 heterocycles. The standard InChI is InChI=1S/C13H19N3O2/c1-9-10-7-14-8-11(10)16-12(15-9)13(17-2)3-5-18-6-4-13/h14H,3-8H2,1-2H3. The summed E-state index contributed by atoms with van der Waals surface area (Å²) in [5, 5.41) is 3.32. The Morgan fingerprint density at radius 3 is 2.72 bits per heavy atom. The molecule has 0 aromatic carbocycles. The van der Waals surface area contributed by atoms with E-state index in [1.54, 1.807) is 7.11 Å². The highest BCUT2D eigenvalue weighted by Crippen LogP contribution is 2.34. The summed E-state index contributed by atoms with van der Waals surface area (Å²) in [4.78, 5) is 9.41. The van der Waals surface area contributed by atoms with Crippen LogP contribution in [0.5, 0.6) is 0 Å². The summed E-state index contributed by atoms with van der Waals surface area (Å²) in [6.07, 6.45) is 1.66. The first kappa shape index (κ1) is 12.0. The molecule has 1 aromatic rings. The Balaban J connectivity index is 2.02. The maximum atomic E-state index is 5.75. The van der Waals surface area contributed by atoms with E-state index in [1.807, 2.05) is 0 Å². The molecule has 0 saturated carbocycles. The molecule has 1 saturated heterocycles. The maximum Gasteiger partial charge on any atom is 0.160 e. The van der Waals surface area contributed by atoms with Gasteiger partial charge in [-0.2, -0.15) is 0 Å². The van der Waals surface area contributed by atoms with Gasteiger partial charge in [-0.05, 0) is 6.92 Å². The van der Waals surface area contributed by atoms with Gasteiger partial charge in [-0.15, -0.1) is 0 Å². The molecule has 1 N–H and O–H groups in total. The molecule has 1 aromatic heterocycles. The second-order valence-electron chi connectivity index (χ2n) is 4.97. The van der Waals surface area contributed by atoms with E-state index in [9.17, 15) is 0 Å². The van der Waals surface area contributed by atoms with Crippen molar-refractivity contribution < 1.29 is 9.47 Å². The lowest BCUT2D eigenvalue weighted by molar-refractivity contribution is -0.100. The van der Waals surface area contributed by atoms with E-state index in [2.05, 4.69) is 17.2 Å². The number of rotatable bonds is 2. The van der Waals surface area contributed by atoms with E-state index in [0.717, 1.165) is 43.1 Å². The molecule has 18 heavy (non-hydrogen) atoms. The van der Waals surface area contributed by atoms with Gasteiger partial charge < -0.3 is 14.8 Å². The number of fused-ring (bicyclic) bond motifs is 1. The zero-order valence-electron chi connectivity index (χ0n) is 11.0. The van der Waals surface area contributed by atoms with Gasteiger partial charge in [-0.3, -0.25) is 0 Å². The van der Waals surface area contributed by atoms with Crippen LogP contribution in [-0.2, 0) is 28.2 Å². The molecular weight excluding hydrogens is 230 g/mol. The second kappa shape index (κ2) is 4.57. The zero-order valence-corrected chi connectivity index (χ0v) is 11.0. The Hall–Kier alpha value is -1.04. The van der Waals surface area contributed by atoms with Gasteiger partial charge in [0.2, 0.25) is 0 Å². The smallest absolute Gasteiger partial charge is 0.160 e. The summed E-state index contributed by atoms with van der Waals surface area (Å²) in [7, 11) is 1.75. The highest BCUT2D eigenvalue weighted by molar-refractivity contribution is 5.29. The first-order valence-electron chi connectivity index (χ1n) is 6.46. The van der Waals surface area contributed by atoms with Crippen molar-refractivity contribution in [3.63, 3.8) is 0 Å². The fourth-order valence-electron chi connectivity index (χ4n) is 2.76. The van der Waals surface area contributed by atoms with Crippen molar-refractivity contribution in [2.45, 2.75) is 38.5 Å². The first-order valence-corrected chi connectivity index (χ1v) is 6.46. The van der Waals surface area contributed by atoms with E-state index in [0.29, 0.717) is 13.2 Å². The molecule has 0 aliphatic carbocycles. The second-order valence-corrected chi connectivity index (χ2v) is 4.97. The molecule has 5 nitrogen and oxygen atoms in total. The minimum atomic E-state index is -0.360. The van der Waals surface area contributed by atoms with Crippen molar-refractivity contribution >= 4 is 0 Å². The third-order valence-electron chi connectivity index (χ3n) is 3.99. The number of nitrogens with one attached hydrogen (secondary N) is 1. The number of hydrogen-bond donors (Lipinski definition) is 1. The van der Waals surface area contributed by atoms with Crippen molar-refractivity contribution in [1.29, 1.82) is 0 Å². The van der Waals surface area contributed by atoms with Gasteiger partial charge in [0.25, 0.3) is 0 Å². The highest BCUT2D eigenvalue weighted by Gasteiger charge is 2.38. The summed E-state index contributed by atoms with van der Waals surface area (Å²) in [5.74, 6) is 0.827. The molecule has 98 valence electrons. The predicted molar refractivity (Wildman–Crippen MR) is 66.1 cm³/mol. The molecule has 0 bridgehead atoms. The van der Waals surface area contributed by atoms with Gasteiger partial charge in [0.05, 0.1) is 5.69 Å². The van der Waals surface area contributed by atoms with Crippen molar-refractivity contribution in [2.75, 3.05) is 20.3 Å². The molecule has 0 amide bonds. The van der Waals surface area contributed by atoms with Gasteiger partial charge >= 0.3 is 0 Å². The van der Waals surface area contributed by atoms with Gasteiger partial charge in [0.1, 0.15) is 5.60 Å². The number of methoxy groups -OCH3 is 1. The largest absolute Gasteiger partial charge is 0.381 e. The maximum absolute atomic E-state index is 5.75. The Kier molecular flexibility index (Phi) is 3.05. The normalized spacial score (nSPS) is 21.9. The Labute approximate surface area is 107 Å². The summed E-state index contributed by atoms with van der Waals surface area (Å²) in [6, 6.07) is 0. The third-order valence-corrected chi connectivity index (χ3v) is 3.99. The van der Waals surface area contributed by atoms with E-state index < -0.39 is 0 Å². The van der Waals surface area contributed by atoms with E-state index in [1.165, 1.54) is 5.56 Å². The molecule has 0 unspecified atom stereocenters. The first-order chi connectivity index (χ1) is 8.75. The van der Waals surface area contributed by atoms with Crippen LogP contribution in [0.4, 0.5) is 0 Å². The summed E-state index contributed by atoms with van der Waals surface area (Å²) in [6.45, 7) is 5.20. The molecule has 5 heteroatoms. The van der Waals surface area contributed by atoms with Crippen LogP contribution in [0.1, 0.15) is 35.6 Å². The molecule has 2 aliphatic heterocycles. The molecular formula is C13H19N3O2. The molecule has 3 rings (SSSR count). The predicted octanol–water partition coefficient (Wildman–Crippen LogP) is 1.04. The lowest BCUT2D eigenvalue weighted by Crippen LogP contribution is -2.37. The van der Waals surface area contributed by atoms with E-state index in [-0.39, 0.29) is 5.60 Å². The lowest BCUT2D eigenvalue weighted by Gasteiger charge is -2.34. The summed E-state index contributed by atoms with van der Waals surface area (Å²) < 4.78 is 11.2. The number of nitrogens with zero attached hydrogens (tertiary/aromatic N) is 2. The lowest BCUT2D eigenvalue weighted by atomic mass is 9.92. The van der Waals surface area contributed by atoms with E-state index >= 15 is 0 Å². The number of hydrogen-bond acceptors (Lipinski definition) is 5. The van der Waals surface area contributed by atoms with Crippen molar-refractivity contribution in [2.24, 2.45) is 0 Å². The minimum absolute atomic E-state index is 0.360. The van der Waals surface area contributed by atoms with Crippen LogP contribution in [0, 0.1) is 6.92 Å². The Morgan fingerprint density at radius 2 is 2.00 bits per heavy atom. The Bertz CT molecular complexity index is 456. The van der Waals surface area contributed by atoms with Crippen molar-refractivity contribution in [1.82, 2.24) is 15.3 Å². The average molecular weight is 249 g/mol. The van der Waals surface area contributed by atoms with Crippen LogP contribution in [0.3, 0.4) is 0 Å². The zero-order chi connectivity index (χ0) is 12.6. The number of ether oxygens (including phenoxy) is 2. The fraction of sp³-hybridized carbons (Fsp3) is 0.692. The minimum Gasteiger partial charge on any atom is -0.381 e. The van der Waals surface area contributed by atoms with Gasteiger partial charge in [0, 0.05) is 57.5 Å². The van der Waals surface area contributed by atoms with Crippen molar-refractivity contribution in [3.05, 3.63) is 22.8 Å². The molecule has 0 radical (unpaired) electrons. The van der Waals surface area contributed by atoms with Gasteiger partial charge in [-0.1, -0.05) is 0 Å². The SMILES string of the molecule is COC1(c2nc(C)c3c(n2)CNC3)CCOCC1. The molecule has 0 spiro atoms. The molecule has 0 atom stereocenters. The van der Waals surface area contributed by atoms with Crippen LogP contribution in [0.25, 0.3) is 0 Å². The topological polar surface area (TPSA) is 56.3 Å². The Morgan fingerprint density at radius 1 is 1.22 bits per heavy atom. The number of aryl methyl sites for hydroxylation is 1. The average Bonchev–Trinajstić information content (AvgIpc) is 2.88. The van der Waals surface area contributed by atoms with Crippen molar-refractivity contribution in [3.8, 4) is 0 Å². The quantitative estimate of drug-likeness (QED) is 0.848. The summed E-state index contributed by atoms with van der Waals surface area (Å²) >= 11 is 0. The summed E-state index contributed by atoms with van der Waals surface area (Å²) in [5.41, 5.74) is 3.08. The molecule has 2 aliphatic rings. The van der Waals surface area contributed by atoms with Gasteiger partial charge in [-0.25, -0.2) is 9.97 Å². The monoisotopic (exact) mass is 249 g/mol. The van der Waals surface area contributed by atoms with Crippen LogP contribution >= 0.6 is 0 Å². The third kappa shape index (κ3) is 1.83. The van der Waals surface area contributed by atoms with Gasteiger partial charge in [0.15, 0.2) is 5.82 Å². The molecule has 1 fully saturated rings. The van der Waals surface area contributed by atoms with Crippen LogP contribution in [0.2, 0.25) is 0 Å². The van der Waals surface area contributed by atoms with Crippen LogP contribution in [0.15, 0.2) is 0 Å².